The van der Waals surface area contributed by atoms with Crippen LogP contribution in [0.15, 0.2) is 76.0 Å². The second kappa shape index (κ2) is 11.4. The minimum Gasteiger partial charge on any atom is -0.497 e. The lowest BCUT2D eigenvalue weighted by atomic mass is 9.93. The average molecular weight is 627 g/mol. The van der Waals surface area contributed by atoms with Gasteiger partial charge in [0.1, 0.15) is 17.3 Å². The van der Waals surface area contributed by atoms with Crippen LogP contribution in [0.5, 0.6) is 5.75 Å². The monoisotopic (exact) mass is 625 g/mol. The SMILES string of the molecule is COc1ccc(-n2c(C(=O)C[C@@H](C)c3ccccc3F)c3n(c2=O)CCN(C(=O)c2ccc(Br)c(Cl)c2)C3)cc1. The molecule has 1 aromatic heterocycles. The zero-order valence-electron chi connectivity index (χ0n) is 21.9. The van der Waals surface area contributed by atoms with Crippen molar-refractivity contribution in [3.63, 3.8) is 0 Å². The van der Waals surface area contributed by atoms with E-state index in [1.165, 1.54) is 10.6 Å². The Kier molecular flexibility index (Phi) is 7.96. The van der Waals surface area contributed by atoms with Crippen LogP contribution in [-0.4, -0.2) is 39.4 Å². The van der Waals surface area contributed by atoms with Gasteiger partial charge < -0.3 is 9.64 Å². The summed E-state index contributed by atoms with van der Waals surface area (Å²) >= 11 is 9.56. The Balaban J connectivity index is 1.56. The molecule has 1 atom stereocenters. The van der Waals surface area contributed by atoms with Crippen molar-refractivity contribution in [1.29, 1.82) is 0 Å². The molecule has 5 rings (SSSR count). The van der Waals surface area contributed by atoms with Gasteiger partial charge in [-0.2, -0.15) is 0 Å². The van der Waals surface area contributed by atoms with Crippen LogP contribution in [0, 0.1) is 5.82 Å². The van der Waals surface area contributed by atoms with E-state index in [2.05, 4.69) is 15.9 Å². The molecule has 40 heavy (non-hydrogen) atoms. The maximum atomic E-state index is 14.5. The highest BCUT2D eigenvalue weighted by Gasteiger charge is 2.33. The first-order valence-electron chi connectivity index (χ1n) is 12.7. The van der Waals surface area contributed by atoms with Gasteiger partial charge in [0, 0.05) is 29.5 Å². The second-order valence-corrected chi connectivity index (χ2v) is 10.9. The molecule has 1 aliphatic heterocycles. The highest BCUT2D eigenvalue weighted by atomic mass is 79.9. The normalized spacial score (nSPS) is 13.6. The number of aromatic nitrogens is 2. The summed E-state index contributed by atoms with van der Waals surface area (Å²) in [7, 11) is 1.54. The Morgan fingerprint density at radius 1 is 1.07 bits per heavy atom. The van der Waals surface area contributed by atoms with Gasteiger partial charge in [0.05, 0.1) is 30.1 Å². The van der Waals surface area contributed by atoms with E-state index in [-0.39, 0.29) is 54.9 Å². The number of imidazole rings is 1. The quantitative estimate of drug-likeness (QED) is 0.228. The van der Waals surface area contributed by atoms with Crippen LogP contribution in [0.4, 0.5) is 4.39 Å². The lowest BCUT2D eigenvalue weighted by Crippen LogP contribution is -2.41. The molecule has 4 aromatic rings. The summed E-state index contributed by atoms with van der Waals surface area (Å²) in [6.07, 6.45) is -0.0240. The van der Waals surface area contributed by atoms with Crippen LogP contribution >= 0.6 is 27.5 Å². The number of methoxy groups -OCH3 is 1. The summed E-state index contributed by atoms with van der Waals surface area (Å²) in [4.78, 5) is 42.6. The van der Waals surface area contributed by atoms with Crippen molar-refractivity contribution < 1.29 is 18.7 Å². The Labute approximate surface area is 243 Å². The van der Waals surface area contributed by atoms with E-state index >= 15 is 0 Å². The fraction of sp³-hybridized carbons (Fsp3) is 0.233. The molecule has 2 heterocycles. The smallest absolute Gasteiger partial charge is 0.333 e. The first-order valence-corrected chi connectivity index (χ1v) is 13.9. The number of fused-ring (bicyclic) bond motifs is 1. The molecule has 10 heteroatoms. The van der Waals surface area contributed by atoms with Gasteiger partial charge in [-0.05, 0) is 75.9 Å². The Morgan fingerprint density at radius 2 is 1.80 bits per heavy atom. The summed E-state index contributed by atoms with van der Waals surface area (Å²) in [6.45, 7) is 2.34. The summed E-state index contributed by atoms with van der Waals surface area (Å²) in [5, 5.41) is 0.406. The number of ether oxygens (including phenoxy) is 1. The van der Waals surface area contributed by atoms with Gasteiger partial charge in [0.25, 0.3) is 5.91 Å². The van der Waals surface area contributed by atoms with E-state index in [1.54, 1.807) is 84.2 Å². The number of rotatable bonds is 7. The third-order valence-corrected chi connectivity index (χ3v) is 8.39. The number of hydrogen-bond donors (Lipinski definition) is 0. The number of carbonyl (C=O) groups is 2. The molecule has 7 nitrogen and oxygen atoms in total. The topological polar surface area (TPSA) is 73.5 Å². The van der Waals surface area contributed by atoms with Crippen molar-refractivity contribution in [2.75, 3.05) is 13.7 Å². The molecule has 1 amide bonds. The van der Waals surface area contributed by atoms with E-state index in [0.29, 0.717) is 37.8 Å². The van der Waals surface area contributed by atoms with Gasteiger partial charge in [0.15, 0.2) is 5.78 Å². The molecular formula is C30H26BrClFN3O4. The standard InChI is InChI=1S/C30H26BrClFN3O4/c1-18(22-5-3-4-6-25(22)33)15-27(37)28-26-17-34(29(38)19-7-12-23(31)24(32)16-19)13-14-35(26)30(39)36(28)20-8-10-21(40-2)11-9-20/h3-12,16,18H,13-15,17H2,1-2H3/t18-/m1/s1. The van der Waals surface area contributed by atoms with Gasteiger partial charge in [-0.1, -0.05) is 36.7 Å². The molecule has 0 fully saturated rings. The van der Waals surface area contributed by atoms with Crippen molar-refractivity contribution in [3.8, 4) is 11.4 Å². The molecule has 1 aliphatic rings. The average Bonchev–Trinajstić information content (AvgIpc) is 3.25. The number of halogens is 3. The molecule has 0 radical (unpaired) electrons. The first-order chi connectivity index (χ1) is 19.2. The third kappa shape index (κ3) is 5.23. The Morgan fingerprint density at radius 3 is 2.48 bits per heavy atom. The zero-order chi connectivity index (χ0) is 28.6. The number of hydrogen-bond acceptors (Lipinski definition) is 4. The van der Waals surface area contributed by atoms with Crippen molar-refractivity contribution in [2.45, 2.75) is 32.4 Å². The Hall–Kier alpha value is -3.69. The lowest BCUT2D eigenvalue weighted by Gasteiger charge is -2.28. The maximum absolute atomic E-state index is 14.5. The molecule has 3 aromatic carbocycles. The van der Waals surface area contributed by atoms with Gasteiger partial charge in [0.2, 0.25) is 0 Å². The number of benzene rings is 3. The molecule has 0 saturated carbocycles. The number of amides is 1. The summed E-state index contributed by atoms with van der Waals surface area (Å²) in [5.41, 5.74) is 1.57. The van der Waals surface area contributed by atoms with Crippen molar-refractivity contribution in [3.05, 3.63) is 115 Å². The fourth-order valence-electron chi connectivity index (χ4n) is 5.06. The second-order valence-electron chi connectivity index (χ2n) is 9.67. The minimum absolute atomic E-state index is 0.0240. The number of carbonyl (C=O) groups excluding carboxylic acids is 2. The number of ketones is 1. The summed E-state index contributed by atoms with van der Waals surface area (Å²) < 4.78 is 23.4. The van der Waals surface area contributed by atoms with Gasteiger partial charge >= 0.3 is 5.69 Å². The molecule has 0 unspecified atom stereocenters. The van der Waals surface area contributed by atoms with Crippen LogP contribution in [0.3, 0.4) is 0 Å². The van der Waals surface area contributed by atoms with Crippen LogP contribution in [0.2, 0.25) is 5.02 Å². The predicted molar refractivity (Wildman–Crippen MR) is 154 cm³/mol. The fourth-order valence-corrected chi connectivity index (χ4v) is 5.49. The molecule has 0 N–H and O–H groups in total. The van der Waals surface area contributed by atoms with Crippen LogP contribution in [0.25, 0.3) is 5.69 Å². The summed E-state index contributed by atoms with van der Waals surface area (Å²) in [5.74, 6) is -0.803. The lowest BCUT2D eigenvalue weighted by molar-refractivity contribution is 0.0706. The first kappa shape index (κ1) is 27.9. The highest BCUT2D eigenvalue weighted by molar-refractivity contribution is 9.10. The van der Waals surface area contributed by atoms with E-state index in [1.807, 2.05) is 0 Å². The molecule has 0 saturated heterocycles. The van der Waals surface area contributed by atoms with Crippen LogP contribution in [0.1, 0.15) is 51.4 Å². The molecule has 0 spiro atoms. The maximum Gasteiger partial charge on any atom is 0.333 e. The third-order valence-electron chi connectivity index (χ3n) is 7.16. The van der Waals surface area contributed by atoms with Crippen molar-refractivity contribution in [1.82, 2.24) is 14.0 Å². The molecular weight excluding hydrogens is 601 g/mol. The summed E-state index contributed by atoms with van der Waals surface area (Å²) in [6, 6.07) is 18.1. The van der Waals surface area contributed by atoms with E-state index in [9.17, 15) is 18.8 Å². The number of nitrogens with zero attached hydrogens (tertiary/aromatic N) is 3. The molecule has 0 bridgehead atoms. The highest BCUT2D eigenvalue weighted by Crippen LogP contribution is 2.29. The van der Waals surface area contributed by atoms with Crippen LogP contribution in [-0.2, 0) is 13.1 Å². The zero-order valence-corrected chi connectivity index (χ0v) is 24.2. The Bertz CT molecular complexity index is 1660. The van der Waals surface area contributed by atoms with E-state index < -0.39 is 5.92 Å². The van der Waals surface area contributed by atoms with Crippen molar-refractivity contribution in [2.24, 2.45) is 0 Å². The van der Waals surface area contributed by atoms with Gasteiger partial charge in [-0.3, -0.25) is 18.7 Å². The van der Waals surface area contributed by atoms with E-state index in [4.69, 9.17) is 16.3 Å². The van der Waals surface area contributed by atoms with Gasteiger partial charge in [-0.25, -0.2) is 9.18 Å². The molecule has 206 valence electrons. The predicted octanol–water partition coefficient (Wildman–Crippen LogP) is 6.24. The van der Waals surface area contributed by atoms with Crippen molar-refractivity contribution >= 4 is 39.2 Å². The van der Waals surface area contributed by atoms with Gasteiger partial charge in [-0.15, -0.1) is 0 Å². The molecule has 0 aliphatic carbocycles. The van der Waals surface area contributed by atoms with Crippen LogP contribution < -0.4 is 10.4 Å². The largest absolute Gasteiger partial charge is 0.497 e. The minimum atomic E-state index is -0.435. The van der Waals surface area contributed by atoms with E-state index in [0.717, 1.165) is 0 Å². The number of Topliss-reactive ketones (excluding diaryl/α,β-unsaturated/α-hetero) is 1.